The zero-order valence-corrected chi connectivity index (χ0v) is 14.5. The third-order valence-electron chi connectivity index (χ3n) is 3.82. The molecule has 0 fully saturated rings. The summed E-state index contributed by atoms with van der Waals surface area (Å²) in [4.78, 5) is 0. The maximum atomic E-state index is 6.37. The zero-order valence-electron chi connectivity index (χ0n) is 14.5. The molecule has 0 aliphatic heterocycles. The fourth-order valence-corrected chi connectivity index (χ4v) is 2.93. The van der Waals surface area contributed by atoms with Gasteiger partial charge in [-0.05, 0) is 40.7 Å². The highest BCUT2D eigenvalue weighted by atomic mass is 14.6. The molecule has 0 radical (unpaired) electrons. The molecule has 1 aromatic carbocycles. The van der Waals surface area contributed by atoms with Crippen LogP contribution in [0.4, 0.5) is 0 Å². The molecule has 114 valence electrons. The largest absolute Gasteiger partial charge is 0.324 e. The van der Waals surface area contributed by atoms with Crippen molar-refractivity contribution in [1.82, 2.24) is 0 Å². The average molecular weight is 275 g/mol. The Morgan fingerprint density at radius 1 is 0.950 bits per heavy atom. The first-order valence-electron chi connectivity index (χ1n) is 7.85. The van der Waals surface area contributed by atoms with Crippen LogP contribution < -0.4 is 5.73 Å². The quantitative estimate of drug-likeness (QED) is 0.777. The van der Waals surface area contributed by atoms with Gasteiger partial charge >= 0.3 is 0 Å². The van der Waals surface area contributed by atoms with Crippen LogP contribution in [0.5, 0.6) is 0 Å². The van der Waals surface area contributed by atoms with Crippen molar-refractivity contribution in [2.24, 2.45) is 17.1 Å². The van der Waals surface area contributed by atoms with E-state index in [1.165, 1.54) is 17.5 Å². The summed E-state index contributed by atoms with van der Waals surface area (Å²) in [5, 5.41) is 0. The molecule has 0 aliphatic carbocycles. The number of hydrogen-bond acceptors (Lipinski definition) is 1. The summed E-state index contributed by atoms with van der Waals surface area (Å²) >= 11 is 0. The molecule has 1 aromatic rings. The van der Waals surface area contributed by atoms with Crippen LogP contribution in [0.1, 0.15) is 78.5 Å². The Balaban J connectivity index is 2.66. The van der Waals surface area contributed by atoms with Gasteiger partial charge in [-0.15, -0.1) is 0 Å². The summed E-state index contributed by atoms with van der Waals surface area (Å²) in [5.74, 6) is 0.660. The fourth-order valence-electron chi connectivity index (χ4n) is 2.93. The minimum atomic E-state index is 0.154. The van der Waals surface area contributed by atoms with Crippen molar-refractivity contribution in [2.45, 2.75) is 72.8 Å². The second kappa shape index (κ2) is 6.30. The summed E-state index contributed by atoms with van der Waals surface area (Å²) in [7, 11) is 0. The van der Waals surface area contributed by atoms with Gasteiger partial charge in [0.15, 0.2) is 0 Å². The van der Waals surface area contributed by atoms with Crippen molar-refractivity contribution in [3.8, 4) is 0 Å². The Morgan fingerprint density at radius 2 is 1.45 bits per heavy atom. The van der Waals surface area contributed by atoms with Gasteiger partial charge in [0.25, 0.3) is 0 Å². The highest BCUT2D eigenvalue weighted by Gasteiger charge is 2.19. The first-order chi connectivity index (χ1) is 8.99. The van der Waals surface area contributed by atoms with E-state index in [2.05, 4.69) is 72.7 Å². The molecule has 0 spiro atoms. The summed E-state index contributed by atoms with van der Waals surface area (Å²) in [6, 6.07) is 9.01. The lowest BCUT2D eigenvalue weighted by molar-refractivity contribution is 0.286. The van der Waals surface area contributed by atoms with Gasteiger partial charge in [-0.25, -0.2) is 0 Å². The Morgan fingerprint density at radius 3 is 1.85 bits per heavy atom. The highest BCUT2D eigenvalue weighted by Crippen LogP contribution is 2.30. The van der Waals surface area contributed by atoms with E-state index in [9.17, 15) is 0 Å². The van der Waals surface area contributed by atoms with Crippen molar-refractivity contribution in [1.29, 1.82) is 0 Å². The molecule has 0 saturated heterocycles. The van der Waals surface area contributed by atoms with Crippen molar-refractivity contribution in [2.75, 3.05) is 0 Å². The van der Waals surface area contributed by atoms with Crippen molar-refractivity contribution < 1.29 is 0 Å². The lowest BCUT2D eigenvalue weighted by Crippen LogP contribution is -2.18. The fraction of sp³-hybridized carbons (Fsp3) is 0.684. The van der Waals surface area contributed by atoms with Crippen LogP contribution in [0.15, 0.2) is 24.3 Å². The average Bonchev–Trinajstić information content (AvgIpc) is 2.25. The van der Waals surface area contributed by atoms with Crippen LogP contribution in [-0.2, 0) is 5.41 Å². The number of rotatable bonds is 4. The van der Waals surface area contributed by atoms with Gasteiger partial charge in [0.05, 0.1) is 0 Å². The molecule has 20 heavy (non-hydrogen) atoms. The Bertz CT molecular complexity index is 403. The molecule has 0 aliphatic rings. The van der Waals surface area contributed by atoms with E-state index >= 15 is 0 Å². The van der Waals surface area contributed by atoms with Crippen LogP contribution in [0.25, 0.3) is 0 Å². The van der Waals surface area contributed by atoms with E-state index in [-0.39, 0.29) is 11.5 Å². The van der Waals surface area contributed by atoms with Gasteiger partial charge in [0, 0.05) is 6.04 Å². The van der Waals surface area contributed by atoms with Crippen LogP contribution in [0, 0.1) is 11.3 Å². The molecule has 1 nitrogen and oxygen atoms in total. The summed E-state index contributed by atoms with van der Waals surface area (Å²) in [6.45, 7) is 15.9. The second-order valence-corrected chi connectivity index (χ2v) is 8.58. The van der Waals surface area contributed by atoms with Gasteiger partial charge < -0.3 is 5.73 Å². The molecular formula is C19H33N. The number of nitrogens with two attached hydrogens (primary N) is 1. The van der Waals surface area contributed by atoms with Gasteiger partial charge in [0.1, 0.15) is 0 Å². The zero-order chi connectivity index (χ0) is 15.6. The van der Waals surface area contributed by atoms with Crippen molar-refractivity contribution in [3.05, 3.63) is 35.4 Å². The first-order valence-corrected chi connectivity index (χ1v) is 7.85. The SMILES string of the molecule is CC(CC(N)c1ccc(C(C)(C)C)cc1)CC(C)(C)C. The van der Waals surface area contributed by atoms with E-state index in [0.29, 0.717) is 11.3 Å². The second-order valence-electron chi connectivity index (χ2n) is 8.58. The highest BCUT2D eigenvalue weighted by molar-refractivity contribution is 5.29. The Kier molecular flexibility index (Phi) is 5.43. The van der Waals surface area contributed by atoms with Gasteiger partial charge in [-0.1, -0.05) is 72.7 Å². The van der Waals surface area contributed by atoms with E-state index in [1.807, 2.05) is 0 Å². The lowest BCUT2D eigenvalue weighted by atomic mass is 9.81. The number of hydrogen-bond donors (Lipinski definition) is 1. The predicted molar refractivity (Wildman–Crippen MR) is 89.9 cm³/mol. The maximum absolute atomic E-state index is 6.37. The topological polar surface area (TPSA) is 26.0 Å². The van der Waals surface area contributed by atoms with Crippen LogP contribution in [-0.4, -0.2) is 0 Å². The molecule has 2 atom stereocenters. The van der Waals surface area contributed by atoms with Gasteiger partial charge in [0.2, 0.25) is 0 Å². The van der Waals surface area contributed by atoms with Crippen LogP contribution >= 0.6 is 0 Å². The number of benzene rings is 1. The molecule has 0 amide bonds. The first kappa shape index (κ1) is 17.2. The summed E-state index contributed by atoms with van der Waals surface area (Å²) in [5.41, 5.74) is 9.60. The lowest BCUT2D eigenvalue weighted by Gasteiger charge is -2.26. The van der Waals surface area contributed by atoms with Crippen molar-refractivity contribution >= 4 is 0 Å². The van der Waals surface area contributed by atoms with Crippen molar-refractivity contribution in [3.63, 3.8) is 0 Å². The molecular weight excluding hydrogens is 242 g/mol. The van der Waals surface area contributed by atoms with Crippen LogP contribution in [0.3, 0.4) is 0 Å². The summed E-state index contributed by atoms with van der Waals surface area (Å²) in [6.07, 6.45) is 2.28. The third-order valence-corrected chi connectivity index (χ3v) is 3.82. The molecule has 2 N–H and O–H groups in total. The minimum absolute atomic E-state index is 0.154. The smallest absolute Gasteiger partial charge is 0.0297 e. The Hall–Kier alpha value is -0.820. The standard InChI is InChI=1S/C19H33N/c1-14(13-18(2,3)4)12-17(20)15-8-10-16(11-9-15)19(5,6)7/h8-11,14,17H,12-13,20H2,1-7H3. The molecule has 0 bridgehead atoms. The van der Waals surface area contributed by atoms with Crippen LogP contribution in [0.2, 0.25) is 0 Å². The third kappa shape index (κ3) is 5.66. The molecule has 0 heterocycles. The summed E-state index contributed by atoms with van der Waals surface area (Å²) < 4.78 is 0. The maximum Gasteiger partial charge on any atom is 0.0297 e. The van der Waals surface area contributed by atoms with E-state index in [4.69, 9.17) is 5.73 Å². The minimum Gasteiger partial charge on any atom is -0.324 e. The molecule has 0 saturated carbocycles. The van der Waals surface area contributed by atoms with Gasteiger partial charge in [-0.3, -0.25) is 0 Å². The van der Waals surface area contributed by atoms with E-state index in [0.717, 1.165) is 6.42 Å². The van der Waals surface area contributed by atoms with Gasteiger partial charge in [-0.2, -0.15) is 0 Å². The monoisotopic (exact) mass is 275 g/mol. The normalized spacial score (nSPS) is 16.0. The predicted octanol–water partition coefficient (Wildman–Crippen LogP) is 5.45. The molecule has 0 aromatic heterocycles. The molecule has 2 unspecified atom stereocenters. The van der Waals surface area contributed by atoms with E-state index in [1.54, 1.807) is 0 Å². The molecule has 1 rings (SSSR count). The van der Waals surface area contributed by atoms with E-state index < -0.39 is 0 Å². The molecule has 1 heteroatoms. The Labute approximate surface area is 126 Å².